The first-order valence-corrected chi connectivity index (χ1v) is 10.4. The van der Waals surface area contributed by atoms with Crippen molar-refractivity contribution in [1.82, 2.24) is 0 Å². The third kappa shape index (κ3) is 7.22. The number of nitrogens with zero attached hydrogens (tertiary/aromatic N) is 2. The van der Waals surface area contributed by atoms with Crippen LogP contribution in [0.3, 0.4) is 0 Å². The Balaban J connectivity index is 0.000000191. The monoisotopic (exact) mass is 450 g/mol. The first-order valence-electron chi connectivity index (χ1n) is 10.4. The average molecular weight is 450 g/mol. The highest BCUT2D eigenvalue weighted by molar-refractivity contribution is 5.37. The lowest BCUT2D eigenvalue weighted by Crippen LogP contribution is -1.93. The van der Waals surface area contributed by atoms with E-state index in [4.69, 9.17) is 20.0 Å². The number of aliphatic hydroxyl groups excluding tert-OH is 2. The fourth-order valence-electron chi connectivity index (χ4n) is 2.89. The van der Waals surface area contributed by atoms with Crippen LogP contribution in [0.2, 0.25) is 0 Å². The quantitative estimate of drug-likeness (QED) is 0.345. The zero-order chi connectivity index (χ0) is 24.2. The van der Waals surface area contributed by atoms with Crippen molar-refractivity contribution in [2.75, 3.05) is 0 Å². The molecule has 0 aliphatic heterocycles. The van der Waals surface area contributed by atoms with Crippen molar-refractivity contribution in [3.05, 3.63) is 120 Å². The van der Waals surface area contributed by atoms with E-state index in [0.717, 1.165) is 11.5 Å². The van der Waals surface area contributed by atoms with Crippen molar-refractivity contribution in [3.8, 4) is 35.1 Å². The minimum Gasteiger partial charge on any atom is -0.457 e. The minimum atomic E-state index is -1.12. The molecule has 0 fully saturated rings. The molecule has 2 atom stereocenters. The molecule has 6 nitrogen and oxygen atoms in total. The fraction of sp³-hybridized carbons (Fsp3) is 0.0714. The summed E-state index contributed by atoms with van der Waals surface area (Å²) in [5.41, 5.74) is 1.06. The molecule has 0 aliphatic rings. The Kier molecular flexibility index (Phi) is 8.78. The maximum atomic E-state index is 9.40. The van der Waals surface area contributed by atoms with Crippen molar-refractivity contribution in [3.63, 3.8) is 0 Å². The van der Waals surface area contributed by atoms with Crippen LogP contribution in [-0.2, 0) is 0 Å². The summed E-state index contributed by atoms with van der Waals surface area (Å²) in [4.78, 5) is 0. The van der Waals surface area contributed by atoms with Gasteiger partial charge >= 0.3 is 0 Å². The second kappa shape index (κ2) is 12.4. The smallest absolute Gasteiger partial charge is 0.166 e. The highest BCUT2D eigenvalue weighted by Gasteiger charge is 2.07. The van der Waals surface area contributed by atoms with Crippen molar-refractivity contribution < 1.29 is 19.7 Å². The van der Waals surface area contributed by atoms with Crippen LogP contribution in [0.15, 0.2) is 109 Å². The topological polar surface area (TPSA) is 106 Å². The third-order valence-corrected chi connectivity index (χ3v) is 4.55. The number of para-hydroxylation sites is 2. The molecule has 4 aromatic carbocycles. The number of rotatable bonds is 6. The predicted octanol–water partition coefficient (Wildman–Crippen LogP) is 6.07. The van der Waals surface area contributed by atoms with E-state index in [1.165, 1.54) is 0 Å². The average Bonchev–Trinajstić information content (AvgIpc) is 2.89. The summed E-state index contributed by atoms with van der Waals surface area (Å²) in [6.45, 7) is 0. The van der Waals surface area contributed by atoms with Crippen molar-refractivity contribution in [1.29, 1.82) is 10.5 Å². The van der Waals surface area contributed by atoms with Crippen LogP contribution in [0.25, 0.3) is 0 Å². The normalized spacial score (nSPS) is 11.5. The van der Waals surface area contributed by atoms with E-state index in [0.29, 0.717) is 22.6 Å². The van der Waals surface area contributed by atoms with Crippen LogP contribution in [0.1, 0.15) is 23.3 Å². The van der Waals surface area contributed by atoms with Crippen LogP contribution >= 0.6 is 0 Å². The summed E-state index contributed by atoms with van der Waals surface area (Å²) in [6.07, 6.45) is -2.23. The zero-order valence-corrected chi connectivity index (χ0v) is 18.2. The van der Waals surface area contributed by atoms with E-state index in [1.807, 2.05) is 60.7 Å². The Morgan fingerprint density at radius 3 is 1.21 bits per heavy atom. The molecule has 168 valence electrons. The van der Waals surface area contributed by atoms with Crippen LogP contribution in [0.4, 0.5) is 0 Å². The van der Waals surface area contributed by atoms with Crippen LogP contribution < -0.4 is 9.47 Å². The van der Waals surface area contributed by atoms with Gasteiger partial charge in [0.2, 0.25) is 0 Å². The molecule has 6 heteroatoms. The molecule has 0 heterocycles. The van der Waals surface area contributed by atoms with Gasteiger partial charge in [-0.05, 0) is 59.7 Å². The molecule has 4 rings (SSSR count). The summed E-state index contributed by atoms with van der Waals surface area (Å²) in [5, 5.41) is 36.1. The Morgan fingerprint density at radius 2 is 0.853 bits per heavy atom. The Bertz CT molecular complexity index is 1160. The first kappa shape index (κ1) is 24.0. The van der Waals surface area contributed by atoms with E-state index in [2.05, 4.69) is 0 Å². The molecule has 2 unspecified atom stereocenters. The standard InChI is InChI=1S/2C14H11NO2/c2*15-10-14(16)11-5-4-8-13(9-11)17-12-6-2-1-3-7-12/h2*1-9,14,16H. The molecule has 0 bridgehead atoms. The van der Waals surface area contributed by atoms with Gasteiger partial charge in [-0.25, -0.2) is 0 Å². The van der Waals surface area contributed by atoms with Gasteiger partial charge in [0.15, 0.2) is 12.2 Å². The molecule has 0 aliphatic carbocycles. The van der Waals surface area contributed by atoms with Crippen molar-refractivity contribution >= 4 is 0 Å². The Morgan fingerprint density at radius 1 is 0.500 bits per heavy atom. The molecule has 0 amide bonds. The molecule has 0 aromatic heterocycles. The Hall–Kier alpha value is -4.62. The van der Waals surface area contributed by atoms with E-state index < -0.39 is 12.2 Å². The van der Waals surface area contributed by atoms with Gasteiger partial charge in [0.05, 0.1) is 12.1 Å². The summed E-state index contributed by atoms with van der Waals surface area (Å²) in [5.74, 6) is 2.64. The van der Waals surface area contributed by atoms with Crippen LogP contribution in [0.5, 0.6) is 23.0 Å². The van der Waals surface area contributed by atoms with Crippen molar-refractivity contribution in [2.45, 2.75) is 12.2 Å². The molecule has 0 radical (unpaired) electrons. The summed E-state index contributed by atoms with van der Waals surface area (Å²) >= 11 is 0. The second-order valence-corrected chi connectivity index (χ2v) is 7.04. The van der Waals surface area contributed by atoms with Crippen LogP contribution in [0, 0.1) is 22.7 Å². The molecule has 0 saturated carbocycles. The van der Waals surface area contributed by atoms with Gasteiger partial charge in [0.25, 0.3) is 0 Å². The highest BCUT2D eigenvalue weighted by atomic mass is 16.5. The number of benzene rings is 4. The molecule has 4 aromatic rings. The number of aliphatic hydroxyl groups is 2. The lowest BCUT2D eigenvalue weighted by Gasteiger charge is -2.07. The summed E-state index contributed by atoms with van der Waals surface area (Å²) < 4.78 is 11.2. The van der Waals surface area contributed by atoms with E-state index in [1.54, 1.807) is 60.7 Å². The first-order chi connectivity index (χ1) is 16.6. The van der Waals surface area contributed by atoms with Gasteiger partial charge in [0.1, 0.15) is 23.0 Å². The molecule has 2 N–H and O–H groups in total. The largest absolute Gasteiger partial charge is 0.457 e. The zero-order valence-electron chi connectivity index (χ0n) is 18.2. The lowest BCUT2D eigenvalue weighted by atomic mass is 10.1. The second-order valence-electron chi connectivity index (χ2n) is 7.04. The fourth-order valence-corrected chi connectivity index (χ4v) is 2.89. The number of hydrogen-bond acceptors (Lipinski definition) is 6. The molecular formula is C28H22N2O4. The maximum Gasteiger partial charge on any atom is 0.166 e. The van der Waals surface area contributed by atoms with Gasteiger partial charge in [-0.15, -0.1) is 0 Å². The number of hydrogen-bond donors (Lipinski definition) is 2. The van der Waals surface area contributed by atoms with E-state index in [9.17, 15) is 10.2 Å². The van der Waals surface area contributed by atoms with Gasteiger partial charge in [-0.3, -0.25) is 0 Å². The molecular weight excluding hydrogens is 428 g/mol. The predicted molar refractivity (Wildman–Crippen MR) is 127 cm³/mol. The van der Waals surface area contributed by atoms with Gasteiger partial charge in [0, 0.05) is 0 Å². The SMILES string of the molecule is N#CC(O)c1cccc(Oc2ccccc2)c1.N#CC(O)c1cccc(Oc2ccccc2)c1. The summed E-state index contributed by atoms with van der Waals surface area (Å²) in [7, 11) is 0. The van der Waals surface area contributed by atoms with Crippen molar-refractivity contribution in [2.24, 2.45) is 0 Å². The van der Waals surface area contributed by atoms with E-state index >= 15 is 0 Å². The molecule has 0 saturated heterocycles. The van der Waals surface area contributed by atoms with Gasteiger partial charge in [-0.1, -0.05) is 60.7 Å². The van der Waals surface area contributed by atoms with E-state index in [-0.39, 0.29) is 0 Å². The Labute approximate surface area is 198 Å². The molecule has 0 spiro atoms. The van der Waals surface area contributed by atoms with Crippen LogP contribution in [-0.4, -0.2) is 10.2 Å². The van der Waals surface area contributed by atoms with Gasteiger partial charge in [-0.2, -0.15) is 10.5 Å². The number of nitriles is 2. The molecule has 34 heavy (non-hydrogen) atoms. The maximum absolute atomic E-state index is 9.40. The lowest BCUT2D eigenvalue weighted by molar-refractivity contribution is 0.235. The third-order valence-electron chi connectivity index (χ3n) is 4.55. The summed E-state index contributed by atoms with van der Waals surface area (Å²) in [6, 6.07) is 36.0. The van der Waals surface area contributed by atoms with Gasteiger partial charge < -0.3 is 19.7 Å². The highest BCUT2D eigenvalue weighted by Crippen LogP contribution is 2.25. The number of ether oxygens (including phenoxy) is 2. The minimum absolute atomic E-state index is 0.529.